The molecule has 0 radical (unpaired) electrons. The summed E-state index contributed by atoms with van der Waals surface area (Å²) in [5, 5.41) is 11.7. The van der Waals surface area contributed by atoms with Gasteiger partial charge in [-0.05, 0) is 23.9 Å². The van der Waals surface area contributed by atoms with Crippen LogP contribution in [0.1, 0.15) is 23.7 Å². The number of methoxy groups -OCH3 is 1. The molecule has 1 fully saturated rings. The maximum absolute atomic E-state index is 13.0. The van der Waals surface area contributed by atoms with Crippen LogP contribution in [-0.2, 0) is 0 Å². The number of nitrogens with zero attached hydrogens (tertiary/aromatic N) is 2. The largest absolute Gasteiger partial charge is 0.496 e. The molecule has 2 aromatic rings. The zero-order chi connectivity index (χ0) is 17.8. The van der Waals surface area contributed by atoms with E-state index in [2.05, 4.69) is 4.90 Å². The van der Waals surface area contributed by atoms with Crippen molar-refractivity contribution in [2.45, 2.75) is 19.4 Å². The lowest BCUT2D eigenvalue weighted by molar-refractivity contribution is 0.0525. The van der Waals surface area contributed by atoms with Crippen LogP contribution in [0.3, 0.4) is 0 Å². The molecule has 5 heteroatoms. The van der Waals surface area contributed by atoms with Crippen LogP contribution in [0.5, 0.6) is 5.75 Å². The number of ether oxygens (including phenoxy) is 1. The van der Waals surface area contributed by atoms with Crippen LogP contribution in [-0.4, -0.2) is 66.8 Å². The van der Waals surface area contributed by atoms with Crippen molar-refractivity contribution in [2.75, 3.05) is 39.8 Å². The zero-order valence-corrected chi connectivity index (χ0v) is 14.9. The number of hydrogen-bond acceptors (Lipinski definition) is 4. The number of piperazine rings is 1. The van der Waals surface area contributed by atoms with E-state index in [9.17, 15) is 9.90 Å². The molecule has 0 aliphatic carbocycles. The van der Waals surface area contributed by atoms with Gasteiger partial charge in [0.25, 0.3) is 5.91 Å². The van der Waals surface area contributed by atoms with E-state index < -0.39 is 0 Å². The van der Waals surface area contributed by atoms with Crippen molar-refractivity contribution < 1.29 is 14.6 Å². The first-order chi connectivity index (χ1) is 12.1. The molecule has 0 saturated carbocycles. The number of carbonyl (C=O) groups excluding carboxylic acids is 1. The molecule has 0 spiro atoms. The Morgan fingerprint density at radius 2 is 1.80 bits per heavy atom. The molecule has 25 heavy (non-hydrogen) atoms. The quantitative estimate of drug-likeness (QED) is 0.906. The van der Waals surface area contributed by atoms with Gasteiger partial charge in [-0.25, -0.2) is 0 Å². The second-order valence-corrected chi connectivity index (χ2v) is 6.52. The molecule has 1 aliphatic heterocycles. The molecule has 1 heterocycles. The third kappa shape index (κ3) is 3.78. The van der Waals surface area contributed by atoms with E-state index in [0.717, 1.165) is 41.6 Å². The molecule has 1 saturated heterocycles. The van der Waals surface area contributed by atoms with Gasteiger partial charge in [-0.1, -0.05) is 31.2 Å². The summed E-state index contributed by atoms with van der Waals surface area (Å²) in [6.07, 6.45) is 0.476. The van der Waals surface area contributed by atoms with E-state index in [1.807, 2.05) is 48.2 Å². The van der Waals surface area contributed by atoms with E-state index >= 15 is 0 Å². The van der Waals surface area contributed by atoms with Gasteiger partial charge >= 0.3 is 0 Å². The minimum atomic E-state index is -0.284. The van der Waals surface area contributed by atoms with E-state index in [1.54, 1.807) is 7.11 Å². The van der Waals surface area contributed by atoms with E-state index in [4.69, 9.17) is 4.74 Å². The van der Waals surface area contributed by atoms with Gasteiger partial charge in [0.15, 0.2) is 0 Å². The van der Waals surface area contributed by atoms with Gasteiger partial charge in [-0.15, -0.1) is 0 Å². The lowest BCUT2D eigenvalue weighted by Gasteiger charge is -2.35. The molecule has 134 valence electrons. The summed E-state index contributed by atoms with van der Waals surface area (Å²) < 4.78 is 5.41. The summed E-state index contributed by atoms with van der Waals surface area (Å²) in [7, 11) is 1.65. The smallest absolute Gasteiger partial charge is 0.254 e. The van der Waals surface area contributed by atoms with Gasteiger partial charge in [0.05, 0.1) is 13.2 Å². The Bertz CT molecular complexity index is 739. The SMILES string of the molecule is CCC(O)CN1CCN(C(=O)c2ccc(OC)c3ccccc23)CC1. The highest BCUT2D eigenvalue weighted by atomic mass is 16.5. The van der Waals surface area contributed by atoms with Gasteiger partial charge in [-0.2, -0.15) is 0 Å². The predicted molar refractivity (Wildman–Crippen MR) is 99.1 cm³/mol. The van der Waals surface area contributed by atoms with Gasteiger partial charge < -0.3 is 14.7 Å². The second kappa shape index (κ2) is 7.85. The van der Waals surface area contributed by atoms with Crippen LogP contribution in [0.4, 0.5) is 0 Å². The Hall–Kier alpha value is -2.11. The fourth-order valence-corrected chi connectivity index (χ4v) is 3.37. The zero-order valence-electron chi connectivity index (χ0n) is 14.9. The van der Waals surface area contributed by atoms with Crippen molar-refractivity contribution in [1.82, 2.24) is 9.80 Å². The fraction of sp³-hybridized carbons (Fsp3) is 0.450. The summed E-state index contributed by atoms with van der Waals surface area (Å²) in [5.41, 5.74) is 0.721. The van der Waals surface area contributed by atoms with E-state index in [-0.39, 0.29) is 12.0 Å². The topological polar surface area (TPSA) is 53.0 Å². The molecule has 1 aliphatic rings. The Labute approximate surface area is 148 Å². The van der Waals surface area contributed by atoms with Crippen molar-refractivity contribution in [2.24, 2.45) is 0 Å². The molecule has 0 bridgehead atoms. The maximum atomic E-state index is 13.0. The summed E-state index contributed by atoms with van der Waals surface area (Å²) in [5.74, 6) is 0.847. The third-order valence-corrected chi connectivity index (χ3v) is 4.93. The van der Waals surface area contributed by atoms with Crippen LogP contribution in [0.2, 0.25) is 0 Å². The van der Waals surface area contributed by atoms with E-state index in [0.29, 0.717) is 19.6 Å². The lowest BCUT2D eigenvalue weighted by atomic mass is 10.0. The molecule has 0 aromatic heterocycles. The number of benzene rings is 2. The molecular formula is C20H26N2O3. The van der Waals surface area contributed by atoms with Gasteiger partial charge in [0, 0.05) is 43.7 Å². The number of fused-ring (bicyclic) bond motifs is 1. The second-order valence-electron chi connectivity index (χ2n) is 6.52. The highest BCUT2D eigenvalue weighted by Gasteiger charge is 2.24. The van der Waals surface area contributed by atoms with Crippen LogP contribution < -0.4 is 4.74 Å². The van der Waals surface area contributed by atoms with Crippen LogP contribution in [0, 0.1) is 0 Å². The monoisotopic (exact) mass is 342 g/mol. The highest BCUT2D eigenvalue weighted by Crippen LogP contribution is 2.29. The van der Waals surface area contributed by atoms with Crippen molar-refractivity contribution >= 4 is 16.7 Å². The Morgan fingerprint density at radius 1 is 1.12 bits per heavy atom. The van der Waals surface area contributed by atoms with Gasteiger partial charge in [-0.3, -0.25) is 9.69 Å². The first kappa shape index (κ1) is 17.7. The summed E-state index contributed by atoms with van der Waals surface area (Å²) in [4.78, 5) is 17.1. The van der Waals surface area contributed by atoms with Crippen LogP contribution >= 0.6 is 0 Å². The third-order valence-electron chi connectivity index (χ3n) is 4.93. The molecular weight excluding hydrogens is 316 g/mol. The summed E-state index contributed by atoms with van der Waals surface area (Å²) >= 11 is 0. The number of aliphatic hydroxyl groups is 1. The molecule has 1 amide bonds. The minimum absolute atomic E-state index is 0.0644. The van der Waals surface area contributed by atoms with E-state index in [1.165, 1.54) is 0 Å². The number of hydrogen-bond donors (Lipinski definition) is 1. The number of β-amino-alcohol motifs (C(OH)–C–C–N with tert-alkyl or cyclic N) is 1. The molecule has 2 aromatic carbocycles. The number of aliphatic hydroxyl groups excluding tert-OH is 1. The average molecular weight is 342 g/mol. The highest BCUT2D eigenvalue weighted by molar-refractivity contribution is 6.08. The summed E-state index contributed by atoms with van der Waals surface area (Å²) in [6.45, 7) is 5.66. The summed E-state index contributed by atoms with van der Waals surface area (Å²) in [6, 6.07) is 11.6. The van der Waals surface area contributed by atoms with Crippen molar-refractivity contribution in [1.29, 1.82) is 0 Å². The molecule has 1 atom stereocenters. The number of rotatable bonds is 5. The minimum Gasteiger partial charge on any atom is -0.496 e. The van der Waals surface area contributed by atoms with Crippen molar-refractivity contribution in [3.63, 3.8) is 0 Å². The number of amides is 1. The van der Waals surface area contributed by atoms with Crippen LogP contribution in [0.15, 0.2) is 36.4 Å². The standard InChI is InChI=1S/C20H26N2O3/c1-3-15(23)14-21-10-12-22(13-11-21)20(24)18-8-9-19(25-2)17-7-5-4-6-16(17)18/h4-9,15,23H,3,10-14H2,1-2H3. The van der Waals surface area contributed by atoms with Crippen LogP contribution in [0.25, 0.3) is 10.8 Å². The molecule has 1 N–H and O–H groups in total. The Kier molecular flexibility index (Phi) is 5.56. The normalized spacial score (nSPS) is 16.8. The van der Waals surface area contributed by atoms with Crippen molar-refractivity contribution in [3.8, 4) is 5.75 Å². The average Bonchev–Trinajstić information content (AvgIpc) is 2.67. The molecule has 3 rings (SSSR count). The lowest BCUT2D eigenvalue weighted by Crippen LogP contribution is -2.50. The first-order valence-electron chi connectivity index (χ1n) is 8.89. The molecule has 1 unspecified atom stereocenters. The van der Waals surface area contributed by atoms with Gasteiger partial charge in [0.2, 0.25) is 0 Å². The van der Waals surface area contributed by atoms with Crippen molar-refractivity contribution in [3.05, 3.63) is 42.0 Å². The Balaban J connectivity index is 1.75. The van der Waals surface area contributed by atoms with Gasteiger partial charge in [0.1, 0.15) is 5.75 Å². The number of carbonyl (C=O) groups is 1. The fourth-order valence-electron chi connectivity index (χ4n) is 3.37. The molecule has 5 nitrogen and oxygen atoms in total. The Morgan fingerprint density at radius 3 is 2.44 bits per heavy atom. The maximum Gasteiger partial charge on any atom is 0.254 e. The first-order valence-corrected chi connectivity index (χ1v) is 8.89. The predicted octanol–water partition coefficient (Wildman–Crippen LogP) is 2.38.